The Morgan fingerprint density at radius 1 is 0.435 bits per heavy atom. The average molecular weight is 887 g/mol. The minimum Gasteiger partial charge on any atom is -0.310 e. The number of benzene rings is 10. The van der Waals surface area contributed by atoms with E-state index in [2.05, 4.69) is 248 Å². The Morgan fingerprint density at radius 2 is 1.07 bits per heavy atom. The fourth-order valence-electron chi connectivity index (χ4n) is 12.3. The van der Waals surface area contributed by atoms with Crippen molar-refractivity contribution in [3.05, 3.63) is 241 Å². The van der Waals surface area contributed by atoms with Crippen molar-refractivity contribution in [3.63, 3.8) is 0 Å². The molecule has 1 heterocycles. The molecule has 332 valence electrons. The zero-order valence-electron chi connectivity index (χ0n) is 39.4. The Hall–Kier alpha value is -7.94. The molecule has 1 fully saturated rings. The number of nitrogens with zero attached hydrogens (tertiary/aromatic N) is 2. The van der Waals surface area contributed by atoms with Crippen molar-refractivity contribution in [3.8, 4) is 50.2 Å². The molecular weight excluding hydrogens is 833 g/mol. The van der Waals surface area contributed by atoms with E-state index >= 15 is 0 Å². The fourth-order valence-corrected chi connectivity index (χ4v) is 12.3. The maximum Gasteiger partial charge on any atom is 0.0547 e. The molecule has 0 N–H and O–H groups in total. The van der Waals surface area contributed by atoms with E-state index in [1.165, 1.54) is 126 Å². The summed E-state index contributed by atoms with van der Waals surface area (Å²) in [6.07, 6.45) is 6.46. The van der Waals surface area contributed by atoms with Crippen LogP contribution in [0.15, 0.2) is 224 Å². The van der Waals surface area contributed by atoms with E-state index < -0.39 is 0 Å². The Morgan fingerprint density at radius 3 is 1.93 bits per heavy atom. The van der Waals surface area contributed by atoms with Crippen LogP contribution in [0.2, 0.25) is 0 Å². The minimum absolute atomic E-state index is 0.0610. The molecule has 11 aromatic rings. The molecule has 2 aliphatic rings. The smallest absolute Gasteiger partial charge is 0.0547 e. The van der Waals surface area contributed by atoms with Gasteiger partial charge in [-0.1, -0.05) is 203 Å². The largest absolute Gasteiger partial charge is 0.310 e. The van der Waals surface area contributed by atoms with Crippen LogP contribution >= 0.6 is 0 Å². The highest BCUT2D eigenvalue weighted by atomic mass is 15.1. The maximum atomic E-state index is 2.50. The predicted octanol–water partition coefficient (Wildman–Crippen LogP) is 18.8. The van der Waals surface area contributed by atoms with Crippen molar-refractivity contribution in [2.75, 3.05) is 4.90 Å². The van der Waals surface area contributed by atoms with Crippen LogP contribution < -0.4 is 4.90 Å². The molecule has 0 unspecified atom stereocenters. The Kier molecular flexibility index (Phi) is 9.98. The lowest BCUT2D eigenvalue weighted by Crippen LogP contribution is -2.14. The predicted molar refractivity (Wildman–Crippen MR) is 293 cm³/mol. The van der Waals surface area contributed by atoms with Crippen LogP contribution in [0.1, 0.15) is 68.6 Å². The van der Waals surface area contributed by atoms with Gasteiger partial charge < -0.3 is 9.47 Å². The summed E-state index contributed by atoms with van der Waals surface area (Å²) >= 11 is 0. The highest BCUT2D eigenvalue weighted by molar-refractivity contribution is 6.10. The summed E-state index contributed by atoms with van der Waals surface area (Å²) in [5, 5.41) is 5.22. The first-order chi connectivity index (χ1) is 34.0. The molecule has 0 amide bonds. The lowest BCUT2D eigenvalue weighted by atomic mass is 9.80. The van der Waals surface area contributed by atoms with Crippen molar-refractivity contribution < 1.29 is 0 Å². The third-order valence-electron chi connectivity index (χ3n) is 15.6. The van der Waals surface area contributed by atoms with E-state index in [-0.39, 0.29) is 5.41 Å². The van der Waals surface area contributed by atoms with Gasteiger partial charge in [0.25, 0.3) is 0 Å². The van der Waals surface area contributed by atoms with E-state index in [0.29, 0.717) is 5.92 Å². The van der Waals surface area contributed by atoms with Crippen LogP contribution in [0.25, 0.3) is 82.8 Å². The monoisotopic (exact) mass is 886 g/mol. The normalized spacial score (nSPS) is 14.3. The zero-order valence-corrected chi connectivity index (χ0v) is 39.4. The summed E-state index contributed by atoms with van der Waals surface area (Å²) < 4.78 is 2.41. The molecule has 10 aromatic carbocycles. The summed E-state index contributed by atoms with van der Waals surface area (Å²) in [5.74, 6) is 0.575. The number of aromatic nitrogens is 1. The van der Waals surface area contributed by atoms with Gasteiger partial charge in [0, 0.05) is 38.8 Å². The molecule has 1 saturated carbocycles. The second-order valence-corrected chi connectivity index (χ2v) is 19.9. The summed E-state index contributed by atoms with van der Waals surface area (Å²) in [6, 6.07) is 83.9. The van der Waals surface area contributed by atoms with Gasteiger partial charge >= 0.3 is 0 Å². The number of para-hydroxylation sites is 3. The van der Waals surface area contributed by atoms with Crippen molar-refractivity contribution in [2.45, 2.75) is 57.3 Å². The second-order valence-electron chi connectivity index (χ2n) is 19.9. The van der Waals surface area contributed by atoms with Crippen LogP contribution in [-0.4, -0.2) is 4.57 Å². The molecule has 0 radical (unpaired) electrons. The molecule has 0 atom stereocenters. The topological polar surface area (TPSA) is 8.17 Å². The summed E-state index contributed by atoms with van der Waals surface area (Å²) in [6.45, 7) is 4.73. The van der Waals surface area contributed by atoms with Crippen LogP contribution in [-0.2, 0) is 5.41 Å². The number of fused-ring (bicyclic) bond motifs is 7. The second kappa shape index (κ2) is 16.7. The molecule has 69 heavy (non-hydrogen) atoms. The van der Waals surface area contributed by atoms with Gasteiger partial charge in [0.1, 0.15) is 0 Å². The number of rotatable bonds is 8. The summed E-state index contributed by atoms with van der Waals surface area (Å²) in [7, 11) is 0. The van der Waals surface area contributed by atoms with E-state index in [9.17, 15) is 0 Å². The first-order valence-electron chi connectivity index (χ1n) is 25.0. The van der Waals surface area contributed by atoms with Gasteiger partial charge in [-0.15, -0.1) is 0 Å². The molecule has 1 aromatic heterocycles. The number of hydrogen-bond acceptors (Lipinski definition) is 1. The van der Waals surface area contributed by atoms with Gasteiger partial charge in [-0.05, 0) is 140 Å². The SMILES string of the molecule is CC1(C)c2ccccc2-c2c(-c3ccc(N(c4cccc(-c5ccc6c7ccccc7n(-c7ccccc7)c6c5)c4)c4ccccc4-c4cccc5cccc(C6CCCCC6)c45)cc3)cccc21. The Balaban J connectivity index is 0.990. The highest BCUT2D eigenvalue weighted by Gasteiger charge is 2.36. The third-order valence-corrected chi connectivity index (χ3v) is 15.6. The molecule has 0 aliphatic heterocycles. The van der Waals surface area contributed by atoms with Crippen LogP contribution in [0.5, 0.6) is 0 Å². The molecule has 2 nitrogen and oxygen atoms in total. The quantitative estimate of drug-likeness (QED) is 0.148. The van der Waals surface area contributed by atoms with Gasteiger partial charge in [0.15, 0.2) is 0 Å². The molecule has 2 heteroatoms. The summed E-state index contributed by atoms with van der Waals surface area (Å²) in [5.41, 5.74) is 21.3. The minimum atomic E-state index is -0.0610. The van der Waals surface area contributed by atoms with Gasteiger partial charge in [0.05, 0.1) is 16.7 Å². The summed E-state index contributed by atoms with van der Waals surface area (Å²) in [4.78, 5) is 2.50. The van der Waals surface area contributed by atoms with E-state index in [1.54, 1.807) is 0 Å². The Labute approximate surface area is 405 Å². The zero-order chi connectivity index (χ0) is 46.1. The lowest BCUT2D eigenvalue weighted by Gasteiger charge is -2.29. The lowest BCUT2D eigenvalue weighted by molar-refractivity contribution is 0.445. The van der Waals surface area contributed by atoms with Crippen LogP contribution in [0.3, 0.4) is 0 Å². The number of anilines is 3. The van der Waals surface area contributed by atoms with E-state index in [4.69, 9.17) is 0 Å². The van der Waals surface area contributed by atoms with Crippen molar-refractivity contribution in [2.24, 2.45) is 0 Å². The molecule has 0 bridgehead atoms. The fraction of sp³-hybridized carbons (Fsp3) is 0.134. The van der Waals surface area contributed by atoms with Gasteiger partial charge in [0.2, 0.25) is 0 Å². The molecular formula is C67H54N2. The Bertz CT molecular complexity index is 3730. The number of hydrogen-bond donors (Lipinski definition) is 0. The standard InChI is InChI=1S/C67H54N2/c1-67(2)60-33-12-9-29-59(60)66-54(31-18-34-61(66)67)46-37-40-51(41-38-46)68(62-35-13-11-28-56(62)58-32-17-22-47-21-16-30-53(65(47)58)45-19-5-3-6-20-45)52-26-15-23-48(43-52)49-39-42-57-55-27-10-14-36-63(55)69(64(57)44-49)50-24-7-4-8-25-50/h4,7-18,21-45H,3,5-6,19-20H2,1-2H3. The highest BCUT2D eigenvalue weighted by Crippen LogP contribution is 2.53. The van der Waals surface area contributed by atoms with Crippen LogP contribution in [0.4, 0.5) is 17.1 Å². The molecule has 2 aliphatic carbocycles. The first-order valence-corrected chi connectivity index (χ1v) is 25.0. The van der Waals surface area contributed by atoms with Gasteiger partial charge in [-0.25, -0.2) is 0 Å². The van der Waals surface area contributed by atoms with Crippen molar-refractivity contribution in [1.82, 2.24) is 4.57 Å². The van der Waals surface area contributed by atoms with E-state index in [0.717, 1.165) is 22.7 Å². The van der Waals surface area contributed by atoms with E-state index in [1.807, 2.05) is 0 Å². The molecule has 13 rings (SSSR count). The molecule has 0 spiro atoms. The average Bonchev–Trinajstić information content (AvgIpc) is 3.87. The molecule has 0 saturated heterocycles. The first kappa shape index (κ1) is 41.3. The van der Waals surface area contributed by atoms with Crippen LogP contribution in [0, 0.1) is 0 Å². The third kappa shape index (κ3) is 6.84. The van der Waals surface area contributed by atoms with Crippen molar-refractivity contribution in [1.29, 1.82) is 0 Å². The van der Waals surface area contributed by atoms with Crippen molar-refractivity contribution >= 4 is 49.6 Å². The maximum absolute atomic E-state index is 2.50. The van der Waals surface area contributed by atoms with Gasteiger partial charge in [-0.2, -0.15) is 0 Å². The van der Waals surface area contributed by atoms with Gasteiger partial charge in [-0.3, -0.25) is 0 Å².